The van der Waals surface area contributed by atoms with E-state index in [2.05, 4.69) is 15.3 Å². The third kappa shape index (κ3) is 2.88. The normalized spacial score (nSPS) is 11.9. The maximum atomic E-state index is 12.4. The third-order valence-corrected chi connectivity index (χ3v) is 3.35. The molecular weight excluding hydrogens is 278 g/mol. The lowest BCUT2D eigenvalue weighted by Crippen LogP contribution is -2.30. The lowest BCUT2D eigenvalue weighted by atomic mass is 10.0. The summed E-state index contributed by atoms with van der Waals surface area (Å²) >= 11 is 0. The summed E-state index contributed by atoms with van der Waals surface area (Å²) < 4.78 is 5.09. The van der Waals surface area contributed by atoms with Crippen LogP contribution in [-0.2, 0) is 0 Å². The van der Waals surface area contributed by atoms with E-state index in [1.54, 1.807) is 13.1 Å². The molecule has 0 aliphatic rings. The zero-order valence-electron chi connectivity index (χ0n) is 12.1. The van der Waals surface area contributed by atoms with Crippen LogP contribution in [0, 0.1) is 6.92 Å². The first-order valence-corrected chi connectivity index (χ1v) is 6.92. The van der Waals surface area contributed by atoms with Crippen LogP contribution in [0.5, 0.6) is 0 Å². The standard InChI is InChI=1S/C17H15N3O2/c1-12-15(19-11-22-12)17(21)20-16(13-7-3-2-4-8-13)14-9-5-6-10-18-14/h2-11,16H,1H3,(H,20,21). The van der Waals surface area contributed by atoms with Gasteiger partial charge in [-0.25, -0.2) is 4.98 Å². The maximum absolute atomic E-state index is 12.4. The summed E-state index contributed by atoms with van der Waals surface area (Å²) in [4.78, 5) is 20.7. The Balaban J connectivity index is 1.93. The predicted molar refractivity (Wildman–Crippen MR) is 81.2 cm³/mol. The number of aromatic nitrogens is 2. The Bertz CT molecular complexity index is 714. The number of hydrogen-bond donors (Lipinski definition) is 1. The van der Waals surface area contributed by atoms with Gasteiger partial charge in [-0.05, 0) is 24.6 Å². The molecule has 3 rings (SSSR count). The quantitative estimate of drug-likeness (QED) is 0.803. The van der Waals surface area contributed by atoms with Crippen molar-refractivity contribution in [3.8, 4) is 0 Å². The second-order valence-electron chi connectivity index (χ2n) is 4.83. The molecule has 110 valence electrons. The number of benzene rings is 1. The van der Waals surface area contributed by atoms with Crippen molar-refractivity contribution in [3.63, 3.8) is 0 Å². The minimum absolute atomic E-state index is 0.286. The molecule has 3 aromatic rings. The molecule has 0 fully saturated rings. The first-order chi connectivity index (χ1) is 10.8. The molecule has 5 heteroatoms. The highest BCUT2D eigenvalue weighted by molar-refractivity contribution is 5.93. The highest BCUT2D eigenvalue weighted by Crippen LogP contribution is 2.20. The largest absolute Gasteiger partial charge is 0.448 e. The van der Waals surface area contributed by atoms with Crippen LogP contribution in [0.25, 0.3) is 0 Å². The molecule has 22 heavy (non-hydrogen) atoms. The maximum Gasteiger partial charge on any atom is 0.274 e. The SMILES string of the molecule is Cc1ocnc1C(=O)NC(c1ccccc1)c1ccccn1. The van der Waals surface area contributed by atoms with E-state index in [1.807, 2.05) is 48.5 Å². The molecule has 0 aliphatic heterocycles. The lowest BCUT2D eigenvalue weighted by molar-refractivity contribution is 0.0936. The third-order valence-electron chi connectivity index (χ3n) is 3.35. The van der Waals surface area contributed by atoms with Crippen LogP contribution in [0.4, 0.5) is 0 Å². The summed E-state index contributed by atoms with van der Waals surface area (Å²) in [6.07, 6.45) is 2.97. The first kappa shape index (κ1) is 14.0. The lowest BCUT2D eigenvalue weighted by Gasteiger charge is -2.18. The molecule has 0 radical (unpaired) electrons. The molecule has 0 aliphatic carbocycles. The number of carbonyl (C=O) groups excluding carboxylic acids is 1. The fraction of sp³-hybridized carbons (Fsp3) is 0.118. The number of nitrogens with zero attached hydrogens (tertiary/aromatic N) is 2. The van der Waals surface area contributed by atoms with E-state index in [0.29, 0.717) is 5.76 Å². The summed E-state index contributed by atoms with van der Waals surface area (Å²) in [5, 5.41) is 2.97. The van der Waals surface area contributed by atoms with Crippen molar-refractivity contribution in [2.24, 2.45) is 0 Å². The second-order valence-corrected chi connectivity index (χ2v) is 4.83. The fourth-order valence-corrected chi connectivity index (χ4v) is 2.24. The van der Waals surface area contributed by atoms with Gasteiger partial charge in [0.2, 0.25) is 0 Å². The Morgan fingerprint density at radius 2 is 1.86 bits per heavy atom. The Morgan fingerprint density at radius 1 is 1.09 bits per heavy atom. The number of pyridine rings is 1. The van der Waals surface area contributed by atoms with Gasteiger partial charge < -0.3 is 9.73 Å². The van der Waals surface area contributed by atoms with Crippen LogP contribution >= 0.6 is 0 Å². The molecule has 0 saturated carbocycles. The van der Waals surface area contributed by atoms with E-state index in [9.17, 15) is 4.79 Å². The van der Waals surface area contributed by atoms with Crippen LogP contribution in [0.3, 0.4) is 0 Å². The van der Waals surface area contributed by atoms with Gasteiger partial charge in [-0.15, -0.1) is 0 Å². The van der Waals surface area contributed by atoms with E-state index < -0.39 is 0 Å². The van der Waals surface area contributed by atoms with Gasteiger partial charge in [-0.3, -0.25) is 9.78 Å². The van der Waals surface area contributed by atoms with Gasteiger partial charge in [0, 0.05) is 6.20 Å². The van der Waals surface area contributed by atoms with Crippen LogP contribution in [0.2, 0.25) is 0 Å². The van der Waals surface area contributed by atoms with Crippen molar-refractivity contribution in [2.45, 2.75) is 13.0 Å². The van der Waals surface area contributed by atoms with Crippen molar-refractivity contribution in [3.05, 3.63) is 83.8 Å². The molecule has 1 atom stereocenters. The number of rotatable bonds is 4. The molecule has 0 spiro atoms. The number of hydrogen-bond acceptors (Lipinski definition) is 4. The Morgan fingerprint density at radius 3 is 2.50 bits per heavy atom. The fourth-order valence-electron chi connectivity index (χ4n) is 2.24. The molecule has 1 aromatic carbocycles. The van der Waals surface area contributed by atoms with Crippen LogP contribution in [0.1, 0.15) is 33.5 Å². The minimum Gasteiger partial charge on any atom is -0.448 e. The smallest absolute Gasteiger partial charge is 0.274 e. The Hall–Kier alpha value is -2.95. The zero-order chi connectivity index (χ0) is 15.4. The van der Waals surface area contributed by atoms with Crippen LogP contribution in [0.15, 0.2) is 65.5 Å². The average molecular weight is 293 g/mol. The number of amides is 1. The minimum atomic E-state index is -0.342. The van der Waals surface area contributed by atoms with Gasteiger partial charge in [-0.1, -0.05) is 36.4 Å². The first-order valence-electron chi connectivity index (χ1n) is 6.92. The molecule has 2 heterocycles. The molecule has 2 aromatic heterocycles. The Labute approximate surface area is 128 Å². The number of nitrogens with one attached hydrogen (secondary N) is 1. The van der Waals surface area contributed by atoms with E-state index in [4.69, 9.17) is 4.42 Å². The highest BCUT2D eigenvalue weighted by atomic mass is 16.3. The number of oxazole rings is 1. The Kier molecular flexibility index (Phi) is 3.96. The average Bonchev–Trinajstić information content (AvgIpc) is 3.00. The van der Waals surface area contributed by atoms with Gasteiger partial charge in [0.15, 0.2) is 12.1 Å². The second kappa shape index (κ2) is 6.22. The van der Waals surface area contributed by atoms with Crippen molar-refractivity contribution in [1.29, 1.82) is 0 Å². The topological polar surface area (TPSA) is 68.0 Å². The molecule has 1 unspecified atom stereocenters. The summed E-state index contributed by atoms with van der Waals surface area (Å²) in [7, 11) is 0. The van der Waals surface area contributed by atoms with E-state index in [-0.39, 0.29) is 17.6 Å². The molecule has 0 bridgehead atoms. The van der Waals surface area contributed by atoms with E-state index in [0.717, 1.165) is 11.3 Å². The van der Waals surface area contributed by atoms with Crippen molar-refractivity contribution < 1.29 is 9.21 Å². The summed E-state index contributed by atoms with van der Waals surface area (Å²) in [5.74, 6) is 0.205. The highest BCUT2D eigenvalue weighted by Gasteiger charge is 2.21. The van der Waals surface area contributed by atoms with Crippen LogP contribution < -0.4 is 5.32 Å². The van der Waals surface area contributed by atoms with Crippen LogP contribution in [-0.4, -0.2) is 15.9 Å². The van der Waals surface area contributed by atoms with Crippen molar-refractivity contribution in [2.75, 3.05) is 0 Å². The van der Waals surface area contributed by atoms with Gasteiger partial charge in [0.05, 0.1) is 11.7 Å². The van der Waals surface area contributed by atoms with E-state index in [1.165, 1.54) is 6.39 Å². The van der Waals surface area contributed by atoms with Gasteiger partial charge >= 0.3 is 0 Å². The summed E-state index contributed by atoms with van der Waals surface area (Å²) in [5.41, 5.74) is 2.01. The summed E-state index contributed by atoms with van der Waals surface area (Å²) in [6, 6.07) is 15.0. The van der Waals surface area contributed by atoms with Gasteiger partial charge in [0.1, 0.15) is 5.76 Å². The van der Waals surface area contributed by atoms with E-state index >= 15 is 0 Å². The predicted octanol–water partition coefficient (Wildman–Crippen LogP) is 2.90. The van der Waals surface area contributed by atoms with Crippen molar-refractivity contribution >= 4 is 5.91 Å². The van der Waals surface area contributed by atoms with Crippen molar-refractivity contribution in [1.82, 2.24) is 15.3 Å². The summed E-state index contributed by atoms with van der Waals surface area (Å²) in [6.45, 7) is 1.71. The zero-order valence-corrected chi connectivity index (χ0v) is 12.1. The molecule has 5 nitrogen and oxygen atoms in total. The number of aryl methyl sites for hydroxylation is 1. The molecule has 0 saturated heterocycles. The molecular formula is C17H15N3O2. The van der Waals surface area contributed by atoms with Gasteiger partial charge in [-0.2, -0.15) is 0 Å². The van der Waals surface area contributed by atoms with Gasteiger partial charge in [0.25, 0.3) is 5.91 Å². The number of carbonyl (C=O) groups is 1. The monoisotopic (exact) mass is 293 g/mol. The molecule has 1 N–H and O–H groups in total. The molecule has 1 amide bonds.